The molecule has 0 saturated heterocycles. The molecule has 0 aliphatic carbocycles. The third-order valence-electron chi connectivity index (χ3n) is 1.86. The van der Waals surface area contributed by atoms with Crippen molar-refractivity contribution < 1.29 is 4.79 Å². The highest BCUT2D eigenvalue weighted by molar-refractivity contribution is 7.10. The maximum absolute atomic E-state index is 11.3. The lowest BCUT2D eigenvalue weighted by atomic mass is 10.2. The van der Waals surface area contributed by atoms with Gasteiger partial charge in [0.15, 0.2) is 0 Å². The Balaban J connectivity index is 2.46. The summed E-state index contributed by atoms with van der Waals surface area (Å²) in [5.74, 6) is 0.0625. The van der Waals surface area contributed by atoms with Crippen molar-refractivity contribution in [3.8, 4) is 0 Å². The van der Waals surface area contributed by atoms with Crippen LogP contribution in [0.4, 0.5) is 0 Å². The number of hydrogen-bond acceptors (Lipinski definition) is 3. The number of hydrogen-bond donors (Lipinski definition) is 0. The molecule has 1 aromatic heterocycles. The summed E-state index contributed by atoms with van der Waals surface area (Å²) >= 11 is 1.57. The number of carbonyl (C=O) groups is 1. The van der Waals surface area contributed by atoms with Gasteiger partial charge in [-0.05, 0) is 0 Å². The minimum Gasteiger partial charge on any atom is -0.340 e. The van der Waals surface area contributed by atoms with Gasteiger partial charge in [-0.15, -0.1) is 11.3 Å². The molecule has 0 bridgehead atoms. The summed E-state index contributed by atoms with van der Waals surface area (Å²) in [6.45, 7) is 0.827. The first-order valence-electron chi connectivity index (χ1n) is 3.47. The van der Waals surface area contributed by atoms with E-state index in [1.807, 2.05) is 7.05 Å². The molecule has 3 nitrogen and oxygen atoms in total. The Kier molecular flexibility index (Phi) is 1.42. The van der Waals surface area contributed by atoms with Gasteiger partial charge in [0.25, 0.3) is 5.91 Å². The van der Waals surface area contributed by atoms with Crippen molar-refractivity contribution in [2.75, 3.05) is 13.6 Å². The maximum atomic E-state index is 11.3. The van der Waals surface area contributed by atoms with Gasteiger partial charge in [-0.25, -0.2) is 4.98 Å². The summed E-state index contributed by atoms with van der Waals surface area (Å²) in [4.78, 5) is 18.2. The van der Waals surface area contributed by atoms with E-state index in [9.17, 15) is 4.79 Å². The highest BCUT2D eigenvalue weighted by atomic mass is 32.1. The van der Waals surface area contributed by atoms with E-state index < -0.39 is 0 Å². The first-order chi connectivity index (χ1) is 5.29. The lowest BCUT2D eigenvalue weighted by molar-refractivity contribution is 0.0776. The number of rotatable bonds is 0. The average Bonchev–Trinajstić information content (AvgIpc) is 2.45. The van der Waals surface area contributed by atoms with Crippen molar-refractivity contribution in [2.24, 2.45) is 0 Å². The predicted molar refractivity (Wildman–Crippen MR) is 42.8 cm³/mol. The Hall–Kier alpha value is -0.900. The second-order valence-corrected chi connectivity index (χ2v) is 3.54. The molecule has 2 heterocycles. The SMILES string of the molecule is CN1CCc2scnc2C1=O. The Labute approximate surface area is 68.7 Å². The summed E-state index contributed by atoms with van der Waals surface area (Å²) in [6.07, 6.45) is 0.961. The zero-order valence-electron chi connectivity index (χ0n) is 6.20. The lowest BCUT2D eigenvalue weighted by Crippen LogP contribution is -2.33. The quantitative estimate of drug-likeness (QED) is 0.573. The summed E-state index contributed by atoms with van der Waals surface area (Å²) < 4.78 is 0. The van der Waals surface area contributed by atoms with E-state index in [4.69, 9.17) is 0 Å². The highest BCUT2D eigenvalue weighted by Crippen LogP contribution is 2.19. The van der Waals surface area contributed by atoms with Crippen LogP contribution < -0.4 is 0 Å². The van der Waals surface area contributed by atoms with Crippen molar-refractivity contribution in [2.45, 2.75) is 6.42 Å². The fraction of sp³-hybridized carbons (Fsp3) is 0.429. The van der Waals surface area contributed by atoms with Gasteiger partial charge in [-0.1, -0.05) is 0 Å². The predicted octanol–water partition coefficient (Wildman–Crippen LogP) is 0.771. The normalized spacial score (nSPS) is 16.8. The number of amides is 1. The molecular weight excluding hydrogens is 160 g/mol. The first-order valence-corrected chi connectivity index (χ1v) is 4.35. The third kappa shape index (κ3) is 0.939. The summed E-state index contributed by atoms with van der Waals surface area (Å²) in [6, 6.07) is 0. The molecule has 0 N–H and O–H groups in total. The molecule has 0 atom stereocenters. The monoisotopic (exact) mass is 168 g/mol. The van der Waals surface area contributed by atoms with Crippen LogP contribution in [0.1, 0.15) is 15.4 Å². The van der Waals surface area contributed by atoms with Crippen LogP contribution in [-0.2, 0) is 6.42 Å². The van der Waals surface area contributed by atoms with Crippen LogP contribution in [0.5, 0.6) is 0 Å². The lowest BCUT2D eigenvalue weighted by Gasteiger charge is -2.20. The Morgan fingerprint density at radius 2 is 2.55 bits per heavy atom. The summed E-state index contributed by atoms with van der Waals surface area (Å²) in [5.41, 5.74) is 2.39. The molecule has 11 heavy (non-hydrogen) atoms. The molecule has 1 amide bonds. The number of thiazole rings is 1. The van der Waals surface area contributed by atoms with Crippen molar-refractivity contribution >= 4 is 17.2 Å². The van der Waals surface area contributed by atoms with Crippen LogP contribution in [0.25, 0.3) is 0 Å². The van der Waals surface area contributed by atoms with E-state index >= 15 is 0 Å². The molecule has 0 saturated carbocycles. The van der Waals surface area contributed by atoms with Crippen molar-refractivity contribution in [3.63, 3.8) is 0 Å². The maximum Gasteiger partial charge on any atom is 0.273 e. The van der Waals surface area contributed by atoms with Gasteiger partial charge in [-0.3, -0.25) is 4.79 Å². The molecule has 4 heteroatoms. The number of carbonyl (C=O) groups excluding carboxylic acids is 1. The molecule has 58 valence electrons. The average molecular weight is 168 g/mol. The molecular formula is C7H8N2OS. The molecule has 1 aromatic rings. The second-order valence-electron chi connectivity index (χ2n) is 2.60. The van der Waals surface area contributed by atoms with Gasteiger partial charge < -0.3 is 4.90 Å². The molecule has 1 aliphatic heterocycles. The van der Waals surface area contributed by atoms with E-state index in [1.54, 1.807) is 21.7 Å². The molecule has 1 aliphatic rings. The van der Waals surface area contributed by atoms with Crippen LogP contribution in [0.2, 0.25) is 0 Å². The van der Waals surface area contributed by atoms with Crippen LogP contribution in [0, 0.1) is 0 Å². The van der Waals surface area contributed by atoms with Crippen LogP contribution >= 0.6 is 11.3 Å². The number of likely N-dealkylation sites (N-methyl/N-ethyl adjacent to an activating group) is 1. The van der Waals surface area contributed by atoms with Crippen molar-refractivity contribution in [1.82, 2.24) is 9.88 Å². The fourth-order valence-electron chi connectivity index (χ4n) is 1.17. The van der Waals surface area contributed by atoms with Gasteiger partial charge in [0, 0.05) is 24.9 Å². The van der Waals surface area contributed by atoms with E-state index in [1.165, 1.54) is 0 Å². The summed E-state index contributed by atoms with van der Waals surface area (Å²) in [7, 11) is 1.81. The topological polar surface area (TPSA) is 33.2 Å². The molecule has 0 spiro atoms. The Morgan fingerprint density at radius 1 is 1.73 bits per heavy atom. The van der Waals surface area contributed by atoms with Gasteiger partial charge in [-0.2, -0.15) is 0 Å². The molecule has 0 aromatic carbocycles. The zero-order chi connectivity index (χ0) is 7.84. The van der Waals surface area contributed by atoms with E-state index in [2.05, 4.69) is 4.98 Å². The minimum absolute atomic E-state index is 0.0625. The van der Waals surface area contributed by atoms with E-state index in [0.29, 0.717) is 5.69 Å². The van der Waals surface area contributed by atoms with Crippen LogP contribution in [-0.4, -0.2) is 29.4 Å². The third-order valence-corrected chi connectivity index (χ3v) is 2.76. The van der Waals surface area contributed by atoms with E-state index in [-0.39, 0.29) is 5.91 Å². The standard InChI is InChI=1S/C7H8N2OS/c1-9-3-2-5-6(7(9)10)8-4-11-5/h4H,2-3H2,1H3. The Bertz CT molecular complexity index is 294. The van der Waals surface area contributed by atoms with Crippen molar-refractivity contribution in [3.05, 3.63) is 16.1 Å². The van der Waals surface area contributed by atoms with Gasteiger partial charge in [0.05, 0.1) is 5.51 Å². The first kappa shape index (κ1) is 6.79. The van der Waals surface area contributed by atoms with Gasteiger partial charge >= 0.3 is 0 Å². The molecule has 0 fully saturated rings. The van der Waals surface area contributed by atoms with Gasteiger partial charge in [0.2, 0.25) is 0 Å². The number of fused-ring (bicyclic) bond motifs is 1. The smallest absolute Gasteiger partial charge is 0.273 e. The van der Waals surface area contributed by atoms with Crippen molar-refractivity contribution in [1.29, 1.82) is 0 Å². The molecule has 0 unspecified atom stereocenters. The zero-order valence-corrected chi connectivity index (χ0v) is 7.02. The molecule has 2 rings (SSSR count). The Morgan fingerprint density at radius 3 is 3.36 bits per heavy atom. The number of nitrogens with zero attached hydrogens (tertiary/aromatic N) is 2. The van der Waals surface area contributed by atoms with E-state index in [0.717, 1.165) is 17.8 Å². The fourth-order valence-corrected chi connectivity index (χ4v) is 1.92. The van der Waals surface area contributed by atoms with Crippen LogP contribution in [0.3, 0.4) is 0 Å². The second kappa shape index (κ2) is 2.30. The highest BCUT2D eigenvalue weighted by Gasteiger charge is 2.23. The molecule has 0 radical (unpaired) electrons. The number of aromatic nitrogens is 1. The summed E-state index contributed by atoms with van der Waals surface area (Å²) in [5, 5.41) is 0. The van der Waals surface area contributed by atoms with Gasteiger partial charge in [0.1, 0.15) is 5.69 Å². The largest absolute Gasteiger partial charge is 0.340 e. The van der Waals surface area contributed by atoms with Crippen LogP contribution in [0.15, 0.2) is 5.51 Å². The minimum atomic E-state index is 0.0625.